The van der Waals surface area contributed by atoms with Crippen LogP contribution in [-0.2, 0) is 6.54 Å². The summed E-state index contributed by atoms with van der Waals surface area (Å²) in [7, 11) is 0. The Morgan fingerprint density at radius 2 is 2.12 bits per heavy atom. The maximum absolute atomic E-state index is 11.2. The van der Waals surface area contributed by atoms with Crippen LogP contribution in [0.5, 0.6) is 0 Å². The quantitative estimate of drug-likeness (QED) is 0.751. The van der Waals surface area contributed by atoms with Gasteiger partial charge >= 0.3 is 5.97 Å². The SMILES string of the molecule is CCCCCCn1ccc(=O)c(C(=O)O)c1. The summed E-state index contributed by atoms with van der Waals surface area (Å²) in [5.74, 6) is -1.16. The lowest BCUT2D eigenvalue weighted by molar-refractivity contribution is 0.0694. The highest BCUT2D eigenvalue weighted by atomic mass is 16.4. The van der Waals surface area contributed by atoms with E-state index in [-0.39, 0.29) is 5.56 Å². The number of unbranched alkanes of at least 4 members (excludes halogenated alkanes) is 3. The Kier molecular flexibility index (Phi) is 4.76. The van der Waals surface area contributed by atoms with Crippen molar-refractivity contribution >= 4 is 5.97 Å². The summed E-state index contributed by atoms with van der Waals surface area (Å²) >= 11 is 0. The molecular formula is C12H17NO3. The maximum atomic E-state index is 11.2. The van der Waals surface area contributed by atoms with E-state index < -0.39 is 11.4 Å². The first-order chi connectivity index (χ1) is 7.65. The number of aromatic carboxylic acids is 1. The summed E-state index contributed by atoms with van der Waals surface area (Å²) < 4.78 is 1.76. The largest absolute Gasteiger partial charge is 0.477 e. The summed E-state index contributed by atoms with van der Waals surface area (Å²) in [6.45, 7) is 2.91. The Hall–Kier alpha value is -1.58. The molecule has 0 bridgehead atoms. The van der Waals surface area contributed by atoms with Crippen molar-refractivity contribution in [2.75, 3.05) is 0 Å². The van der Waals surface area contributed by atoms with Gasteiger partial charge in [0.1, 0.15) is 5.56 Å². The molecule has 0 aromatic carbocycles. The van der Waals surface area contributed by atoms with Gasteiger partial charge in [-0.2, -0.15) is 0 Å². The average molecular weight is 223 g/mol. The molecule has 0 aliphatic rings. The molecule has 4 heteroatoms. The maximum Gasteiger partial charge on any atom is 0.341 e. The molecule has 1 rings (SSSR count). The van der Waals surface area contributed by atoms with E-state index in [1.165, 1.54) is 25.1 Å². The minimum atomic E-state index is -1.16. The topological polar surface area (TPSA) is 59.3 Å². The summed E-state index contributed by atoms with van der Waals surface area (Å²) in [6.07, 6.45) is 7.55. The minimum Gasteiger partial charge on any atom is -0.477 e. The van der Waals surface area contributed by atoms with E-state index in [0.29, 0.717) is 0 Å². The zero-order valence-electron chi connectivity index (χ0n) is 9.48. The van der Waals surface area contributed by atoms with Gasteiger partial charge in [0.05, 0.1) is 0 Å². The number of hydrogen-bond donors (Lipinski definition) is 1. The van der Waals surface area contributed by atoms with Gasteiger partial charge in [-0.15, -0.1) is 0 Å². The molecule has 1 aromatic rings. The van der Waals surface area contributed by atoms with Crippen LogP contribution in [0.2, 0.25) is 0 Å². The molecule has 0 fully saturated rings. The number of carbonyl (C=O) groups is 1. The van der Waals surface area contributed by atoms with E-state index in [1.807, 2.05) is 0 Å². The van der Waals surface area contributed by atoms with Crippen LogP contribution >= 0.6 is 0 Å². The van der Waals surface area contributed by atoms with Crippen LogP contribution in [0.3, 0.4) is 0 Å². The van der Waals surface area contributed by atoms with Gasteiger partial charge in [0.2, 0.25) is 0 Å². The fraction of sp³-hybridized carbons (Fsp3) is 0.500. The van der Waals surface area contributed by atoms with Crippen molar-refractivity contribution in [3.8, 4) is 0 Å². The van der Waals surface area contributed by atoms with E-state index in [2.05, 4.69) is 6.92 Å². The van der Waals surface area contributed by atoms with Gasteiger partial charge in [0, 0.05) is 25.0 Å². The summed E-state index contributed by atoms with van der Waals surface area (Å²) in [6, 6.07) is 1.31. The molecule has 1 aromatic heterocycles. The standard InChI is InChI=1S/C12H17NO3/c1-2-3-4-5-7-13-8-6-11(14)10(9-13)12(15)16/h6,8-9H,2-5,7H2,1H3,(H,15,16). The molecule has 0 saturated carbocycles. The van der Waals surface area contributed by atoms with Crippen LogP contribution in [-0.4, -0.2) is 15.6 Å². The van der Waals surface area contributed by atoms with E-state index in [4.69, 9.17) is 5.11 Å². The monoisotopic (exact) mass is 223 g/mol. The minimum absolute atomic E-state index is 0.155. The normalized spacial score (nSPS) is 10.3. The van der Waals surface area contributed by atoms with Crippen molar-refractivity contribution in [3.63, 3.8) is 0 Å². The molecule has 0 atom stereocenters. The Bertz CT molecular complexity index is 409. The first kappa shape index (κ1) is 12.5. The van der Waals surface area contributed by atoms with Crippen LogP contribution < -0.4 is 5.43 Å². The molecule has 0 aliphatic heterocycles. The number of pyridine rings is 1. The third-order valence-electron chi connectivity index (χ3n) is 2.48. The second kappa shape index (κ2) is 6.10. The van der Waals surface area contributed by atoms with Crippen molar-refractivity contribution in [1.29, 1.82) is 0 Å². The Morgan fingerprint density at radius 1 is 1.38 bits per heavy atom. The molecule has 1 heterocycles. The molecule has 88 valence electrons. The third kappa shape index (κ3) is 3.53. The predicted octanol–water partition coefficient (Wildman–Crippen LogP) is 2.13. The second-order valence-corrected chi connectivity index (χ2v) is 3.83. The van der Waals surface area contributed by atoms with Crippen molar-refractivity contribution in [2.45, 2.75) is 39.2 Å². The lowest BCUT2D eigenvalue weighted by Crippen LogP contribution is -2.16. The molecule has 0 radical (unpaired) electrons. The van der Waals surface area contributed by atoms with Gasteiger partial charge in [-0.3, -0.25) is 4.79 Å². The zero-order chi connectivity index (χ0) is 12.0. The Balaban J connectivity index is 2.64. The van der Waals surface area contributed by atoms with Crippen LogP contribution in [0.1, 0.15) is 43.0 Å². The molecule has 16 heavy (non-hydrogen) atoms. The van der Waals surface area contributed by atoms with Crippen molar-refractivity contribution in [1.82, 2.24) is 4.57 Å². The van der Waals surface area contributed by atoms with E-state index in [0.717, 1.165) is 19.4 Å². The molecule has 4 nitrogen and oxygen atoms in total. The van der Waals surface area contributed by atoms with Crippen LogP contribution in [0, 0.1) is 0 Å². The third-order valence-corrected chi connectivity index (χ3v) is 2.48. The van der Waals surface area contributed by atoms with E-state index >= 15 is 0 Å². The van der Waals surface area contributed by atoms with Gasteiger partial charge in [-0.05, 0) is 6.42 Å². The van der Waals surface area contributed by atoms with Crippen molar-refractivity contribution in [2.24, 2.45) is 0 Å². The van der Waals surface area contributed by atoms with Crippen molar-refractivity contribution < 1.29 is 9.90 Å². The van der Waals surface area contributed by atoms with Crippen LogP contribution in [0.15, 0.2) is 23.3 Å². The highest BCUT2D eigenvalue weighted by Crippen LogP contribution is 2.02. The first-order valence-electron chi connectivity index (χ1n) is 5.58. The molecule has 0 amide bonds. The highest BCUT2D eigenvalue weighted by Gasteiger charge is 2.07. The van der Waals surface area contributed by atoms with Crippen LogP contribution in [0.25, 0.3) is 0 Å². The van der Waals surface area contributed by atoms with Gasteiger partial charge in [0.25, 0.3) is 0 Å². The molecule has 1 N–H and O–H groups in total. The summed E-state index contributed by atoms with van der Waals surface area (Å²) in [5, 5.41) is 8.79. The number of nitrogens with zero attached hydrogens (tertiary/aromatic N) is 1. The number of aromatic nitrogens is 1. The van der Waals surface area contributed by atoms with Crippen molar-refractivity contribution in [3.05, 3.63) is 34.2 Å². The second-order valence-electron chi connectivity index (χ2n) is 3.83. The molecule has 0 aliphatic carbocycles. The van der Waals surface area contributed by atoms with Crippen LogP contribution in [0.4, 0.5) is 0 Å². The number of aryl methyl sites for hydroxylation is 1. The summed E-state index contributed by atoms with van der Waals surface area (Å²) in [5.41, 5.74) is -0.588. The molecule has 0 saturated heterocycles. The number of rotatable bonds is 6. The van der Waals surface area contributed by atoms with Gasteiger partial charge in [0.15, 0.2) is 5.43 Å². The number of carboxylic acids is 1. The first-order valence-corrected chi connectivity index (χ1v) is 5.58. The smallest absolute Gasteiger partial charge is 0.341 e. The Morgan fingerprint density at radius 3 is 2.75 bits per heavy atom. The lowest BCUT2D eigenvalue weighted by atomic mass is 10.2. The van der Waals surface area contributed by atoms with Gasteiger partial charge < -0.3 is 9.67 Å². The van der Waals surface area contributed by atoms with E-state index in [1.54, 1.807) is 10.8 Å². The Labute approximate surface area is 94.5 Å². The van der Waals surface area contributed by atoms with Gasteiger partial charge in [-0.1, -0.05) is 26.2 Å². The number of carboxylic acid groups (broad SMARTS) is 1. The zero-order valence-corrected chi connectivity index (χ0v) is 9.48. The molecule has 0 spiro atoms. The fourth-order valence-corrected chi connectivity index (χ4v) is 1.55. The molecule has 0 unspecified atom stereocenters. The van der Waals surface area contributed by atoms with Gasteiger partial charge in [-0.25, -0.2) is 4.79 Å². The average Bonchev–Trinajstić information content (AvgIpc) is 2.26. The highest BCUT2D eigenvalue weighted by molar-refractivity contribution is 5.86. The predicted molar refractivity (Wildman–Crippen MR) is 61.8 cm³/mol. The fourth-order valence-electron chi connectivity index (χ4n) is 1.55. The lowest BCUT2D eigenvalue weighted by Gasteiger charge is -2.06. The molecular weight excluding hydrogens is 206 g/mol. The number of hydrogen-bond acceptors (Lipinski definition) is 2. The summed E-state index contributed by atoms with van der Waals surface area (Å²) in [4.78, 5) is 21.9. The van der Waals surface area contributed by atoms with E-state index in [9.17, 15) is 9.59 Å².